The van der Waals surface area contributed by atoms with E-state index in [0.29, 0.717) is 12.8 Å². The summed E-state index contributed by atoms with van der Waals surface area (Å²) in [6.45, 7) is 0.285. The fourth-order valence-electron chi connectivity index (χ4n) is 2.59. The minimum atomic E-state index is -0.899. The lowest BCUT2D eigenvalue weighted by Gasteiger charge is -2.25. The van der Waals surface area contributed by atoms with Crippen molar-refractivity contribution in [1.29, 1.82) is 5.26 Å². The lowest BCUT2D eigenvalue weighted by atomic mass is 9.86. The van der Waals surface area contributed by atoms with Gasteiger partial charge in [0.15, 0.2) is 0 Å². The predicted molar refractivity (Wildman–Crippen MR) is 55.1 cm³/mol. The summed E-state index contributed by atoms with van der Waals surface area (Å²) in [5.41, 5.74) is -0.899. The lowest BCUT2D eigenvalue weighted by molar-refractivity contribution is -0.138. The third-order valence-corrected chi connectivity index (χ3v) is 3.63. The van der Waals surface area contributed by atoms with Crippen molar-refractivity contribution in [2.24, 2.45) is 5.41 Å². The minimum Gasteiger partial charge on any atom is -0.388 e. The van der Waals surface area contributed by atoms with E-state index in [4.69, 9.17) is 5.26 Å². The molecule has 1 amide bonds. The molecule has 0 aromatic rings. The Morgan fingerprint density at radius 3 is 2.19 bits per heavy atom. The standard InChI is InChI=1S/C11H16N2O3/c12-7-11(3-1-2-4-11)10(16)13-5-8(14)9(15)6-13/h8-9,14-15H,1-6H2. The summed E-state index contributed by atoms with van der Waals surface area (Å²) in [6.07, 6.45) is 1.26. The maximum absolute atomic E-state index is 12.2. The van der Waals surface area contributed by atoms with Crippen LogP contribution in [0.5, 0.6) is 0 Å². The molecule has 0 radical (unpaired) electrons. The Morgan fingerprint density at radius 2 is 1.75 bits per heavy atom. The second-order valence-corrected chi connectivity index (χ2v) is 4.75. The number of carbonyl (C=O) groups excluding carboxylic acids is 1. The summed E-state index contributed by atoms with van der Waals surface area (Å²) in [6, 6.07) is 2.13. The van der Waals surface area contributed by atoms with Crippen LogP contribution in [0.4, 0.5) is 0 Å². The van der Waals surface area contributed by atoms with Crippen molar-refractivity contribution in [1.82, 2.24) is 4.90 Å². The van der Waals surface area contributed by atoms with Crippen LogP contribution in [0.1, 0.15) is 25.7 Å². The van der Waals surface area contributed by atoms with Gasteiger partial charge in [-0.2, -0.15) is 5.26 Å². The monoisotopic (exact) mass is 224 g/mol. The second kappa shape index (κ2) is 4.04. The van der Waals surface area contributed by atoms with Crippen LogP contribution in [0.2, 0.25) is 0 Å². The highest BCUT2D eigenvalue weighted by atomic mass is 16.3. The molecule has 0 spiro atoms. The summed E-state index contributed by atoms with van der Waals surface area (Å²) in [7, 11) is 0. The summed E-state index contributed by atoms with van der Waals surface area (Å²) in [4.78, 5) is 13.6. The smallest absolute Gasteiger partial charge is 0.243 e. The molecule has 2 fully saturated rings. The summed E-state index contributed by atoms with van der Waals surface area (Å²) < 4.78 is 0. The SMILES string of the molecule is N#CC1(C(=O)N2CC(O)C(O)C2)CCCC1. The molecule has 0 aromatic heterocycles. The van der Waals surface area contributed by atoms with E-state index in [9.17, 15) is 15.0 Å². The van der Waals surface area contributed by atoms with Crippen molar-refractivity contribution in [3.63, 3.8) is 0 Å². The molecule has 88 valence electrons. The van der Waals surface area contributed by atoms with Crippen LogP contribution in [0, 0.1) is 16.7 Å². The van der Waals surface area contributed by atoms with Gasteiger partial charge in [-0.1, -0.05) is 12.8 Å². The number of carbonyl (C=O) groups is 1. The Hall–Kier alpha value is -1.12. The Balaban J connectivity index is 2.11. The highest BCUT2D eigenvalue weighted by Gasteiger charge is 2.46. The molecular weight excluding hydrogens is 208 g/mol. The zero-order chi connectivity index (χ0) is 11.8. The van der Waals surface area contributed by atoms with E-state index in [2.05, 4.69) is 6.07 Å². The van der Waals surface area contributed by atoms with Gasteiger partial charge >= 0.3 is 0 Å². The molecule has 2 unspecified atom stereocenters. The van der Waals surface area contributed by atoms with Crippen LogP contribution in [0.15, 0.2) is 0 Å². The van der Waals surface area contributed by atoms with Crippen LogP contribution in [-0.4, -0.2) is 46.3 Å². The maximum Gasteiger partial charge on any atom is 0.243 e. The highest BCUT2D eigenvalue weighted by molar-refractivity contribution is 5.86. The molecular formula is C11H16N2O3. The van der Waals surface area contributed by atoms with Gasteiger partial charge in [-0.15, -0.1) is 0 Å². The van der Waals surface area contributed by atoms with Gasteiger partial charge in [0.05, 0.1) is 18.3 Å². The van der Waals surface area contributed by atoms with Crippen LogP contribution in [0.25, 0.3) is 0 Å². The average molecular weight is 224 g/mol. The molecule has 5 heteroatoms. The molecule has 0 aromatic carbocycles. The first-order chi connectivity index (χ1) is 7.59. The maximum atomic E-state index is 12.2. The fraction of sp³-hybridized carbons (Fsp3) is 0.818. The van der Waals surface area contributed by atoms with Crippen LogP contribution in [-0.2, 0) is 4.79 Å². The first kappa shape index (κ1) is 11.4. The molecule has 2 atom stereocenters. The average Bonchev–Trinajstić information content (AvgIpc) is 2.87. The molecule has 5 nitrogen and oxygen atoms in total. The molecule has 2 N–H and O–H groups in total. The van der Waals surface area contributed by atoms with Gasteiger partial charge in [-0.25, -0.2) is 0 Å². The van der Waals surface area contributed by atoms with E-state index in [1.54, 1.807) is 0 Å². The molecule has 2 rings (SSSR count). The van der Waals surface area contributed by atoms with Crippen LogP contribution in [0.3, 0.4) is 0 Å². The van der Waals surface area contributed by atoms with Crippen molar-refractivity contribution in [3.8, 4) is 6.07 Å². The highest BCUT2D eigenvalue weighted by Crippen LogP contribution is 2.39. The molecule has 1 saturated heterocycles. The van der Waals surface area contributed by atoms with Crippen molar-refractivity contribution < 1.29 is 15.0 Å². The van der Waals surface area contributed by atoms with E-state index in [1.807, 2.05) is 0 Å². The van der Waals surface area contributed by atoms with Crippen molar-refractivity contribution in [3.05, 3.63) is 0 Å². The molecule has 0 bridgehead atoms. The largest absolute Gasteiger partial charge is 0.388 e. The first-order valence-corrected chi connectivity index (χ1v) is 5.66. The van der Waals surface area contributed by atoms with Crippen molar-refractivity contribution in [2.75, 3.05) is 13.1 Å². The number of rotatable bonds is 1. The van der Waals surface area contributed by atoms with Gasteiger partial charge < -0.3 is 15.1 Å². The number of amides is 1. The Bertz CT molecular complexity index is 321. The molecule has 1 heterocycles. The zero-order valence-corrected chi connectivity index (χ0v) is 9.09. The van der Waals surface area contributed by atoms with Crippen molar-refractivity contribution >= 4 is 5.91 Å². The topological polar surface area (TPSA) is 84.6 Å². The van der Waals surface area contributed by atoms with Gasteiger partial charge in [0.1, 0.15) is 5.41 Å². The number of likely N-dealkylation sites (tertiary alicyclic amines) is 1. The summed E-state index contributed by atoms with van der Waals surface area (Å²) in [5, 5.41) is 27.9. The predicted octanol–water partition coefficient (Wildman–Crippen LogP) is -0.366. The van der Waals surface area contributed by atoms with E-state index >= 15 is 0 Å². The Labute approximate surface area is 94.3 Å². The third-order valence-electron chi connectivity index (χ3n) is 3.63. The molecule has 1 saturated carbocycles. The van der Waals surface area contributed by atoms with Gasteiger partial charge in [0.25, 0.3) is 0 Å². The number of nitriles is 1. The van der Waals surface area contributed by atoms with Gasteiger partial charge in [0, 0.05) is 13.1 Å². The van der Waals surface area contributed by atoms with Gasteiger partial charge in [0.2, 0.25) is 5.91 Å². The number of hydrogen-bond donors (Lipinski definition) is 2. The first-order valence-electron chi connectivity index (χ1n) is 5.66. The quantitative estimate of drug-likeness (QED) is 0.636. The molecule has 16 heavy (non-hydrogen) atoms. The number of aliphatic hydroxyl groups is 2. The van der Waals surface area contributed by atoms with E-state index < -0.39 is 17.6 Å². The Morgan fingerprint density at radius 1 is 1.25 bits per heavy atom. The third kappa shape index (κ3) is 1.68. The normalized spacial score (nSPS) is 32.7. The minimum absolute atomic E-state index is 0.142. The summed E-state index contributed by atoms with van der Waals surface area (Å²) >= 11 is 0. The molecule has 1 aliphatic heterocycles. The van der Waals surface area contributed by atoms with E-state index in [-0.39, 0.29) is 19.0 Å². The van der Waals surface area contributed by atoms with Crippen LogP contribution < -0.4 is 0 Å². The summed E-state index contributed by atoms with van der Waals surface area (Å²) in [5.74, 6) is -0.219. The van der Waals surface area contributed by atoms with Gasteiger partial charge in [-0.05, 0) is 12.8 Å². The Kier molecular flexibility index (Phi) is 2.87. The van der Waals surface area contributed by atoms with Crippen molar-refractivity contribution in [2.45, 2.75) is 37.9 Å². The van der Waals surface area contributed by atoms with E-state index in [1.165, 1.54) is 4.90 Å². The lowest BCUT2D eigenvalue weighted by Crippen LogP contribution is -2.41. The number of hydrogen-bond acceptors (Lipinski definition) is 4. The van der Waals surface area contributed by atoms with Gasteiger partial charge in [-0.3, -0.25) is 4.79 Å². The molecule has 1 aliphatic carbocycles. The fourth-order valence-corrected chi connectivity index (χ4v) is 2.59. The number of aliphatic hydroxyl groups excluding tert-OH is 2. The zero-order valence-electron chi connectivity index (χ0n) is 9.09. The number of β-amino-alcohol motifs (C(OH)–C–C–N with tert-alkyl or cyclic N) is 2. The van der Waals surface area contributed by atoms with E-state index in [0.717, 1.165) is 12.8 Å². The second-order valence-electron chi connectivity index (χ2n) is 4.75. The van der Waals surface area contributed by atoms with Crippen LogP contribution >= 0.6 is 0 Å². The molecule has 2 aliphatic rings. The number of nitrogens with zero attached hydrogens (tertiary/aromatic N) is 2.